The zero-order valence-electron chi connectivity index (χ0n) is 11.1. The molecule has 1 rings (SSSR count). The van der Waals surface area contributed by atoms with Gasteiger partial charge in [-0.2, -0.15) is 0 Å². The molecule has 0 bridgehead atoms. The second kappa shape index (κ2) is 6.84. The first-order valence-corrected chi connectivity index (χ1v) is 6.12. The van der Waals surface area contributed by atoms with Gasteiger partial charge in [-0.05, 0) is 12.0 Å². The largest absolute Gasteiger partial charge is 0.504 e. The van der Waals surface area contributed by atoms with Crippen LogP contribution in [0.1, 0.15) is 19.4 Å². The number of hydrogen-bond acceptors (Lipinski definition) is 5. The van der Waals surface area contributed by atoms with E-state index in [1.807, 2.05) is 13.8 Å². The van der Waals surface area contributed by atoms with Gasteiger partial charge in [0, 0.05) is 18.7 Å². The Balaban J connectivity index is 2.41. The van der Waals surface area contributed by atoms with E-state index in [0.717, 1.165) is 0 Å². The fourth-order valence-corrected chi connectivity index (χ4v) is 1.44. The van der Waals surface area contributed by atoms with Crippen molar-refractivity contribution < 1.29 is 20.1 Å². The van der Waals surface area contributed by atoms with Crippen LogP contribution in [0.15, 0.2) is 12.1 Å². The first-order chi connectivity index (χ1) is 8.91. The molecule has 0 aromatic heterocycles. The van der Waals surface area contributed by atoms with Crippen molar-refractivity contribution in [1.29, 1.82) is 0 Å². The lowest BCUT2D eigenvalue weighted by Crippen LogP contribution is -2.35. The lowest BCUT2D eigenvalue weighted by Gasteiger charge is -2.10. The maximum absolute atomic E-state index is 11.4. The fourth-order valence-electron chi connectivity index (χ4n) is 1.44. The van der Waals surface area contributed by atoms with Gasteiger partial charge >= 0.3 is 0 Å². The summed E-state index contributed by atoms with van der Waals surface area (Å²) in [6.45, 7) is 4.96. The van der Waals surface area contributed by atoms with Crippen LogP contribution in [0.5, 0.6) is 17.2 Å². The molecule has 5 N–H and O–H groups in total. The Morgan fingerprint density at radius 2 is 1.89 bits per heavy atom. The summed E-state index contributed by atoms with van der Waals surface area (Å²) >= 11 is 0. The van der Waals surface area contributed by atoms with Crippen LogP contribution < -0.4 is 10.6 Å². The van der Waals surface area contributed by atoms with Crippen molar-refractivity contribution in [2.45, 2.75) is 20.4 Å². The van der Waals surface area contributed by atoms with Gasteiger partial charge in [0.2, 0.25) is 11.7 Å². The number of amides is 1. The van der Waals surface area contributed by atoms with E-state index in [2.05, 4.69) is 10.6 Å². The van der Waals surface area contributed by atoms with E-state index in [4.69, 9.17) is 5.11 Å². The average Bonchev–Trinajstić information content (AvgIpc) is 2.36. The van der Waals surface area contributed by atoms with Crippen molar-refractivity contribution in [3.63, 3.8) is 0 Å². The molecule has 0 saturated carbocycles. The highest BCUT2D eigenvalue weighted by atomic mass is 16.3. The molecule has 0 aliphatic rings. The van der Waals surface area contributed by atoms with E-state index in [1.165, 1.54) is 12.1 Å². The Morgan fingerprint density at radius 3 is 2.53 bits per heavy atom. The molecule has 1 amide bonds. The van der Waals surface area contributed by atoms with Crippen LogP contribution >= 0.6 is 0 Å². The number of rotatable bonds is 6. The number of aromatic hydroxyl groups is 3. The summed E-state index contributed by atoms with van der Waals surface area (Å²) in [5, 5.41) is 33.7. The molecule has 1 aromatic rings. The van der Waals surface area contributed by atoms with Gasteiger partial charge < -0.3 is 26.0 Å². The molecule has 0 heterocycles. The van der Waals surface area contributed by atoms with Gasteiger partial charge in [-0.25, -0.2) is 0 Å². The van der Waals surface area contributed by atoms with Crippen molar-refractivity contribution in [3.05, 3.63) is 17.7 Å². The number of phenolic OH excluding ortho intramolecular Hbond substituents is 3. The fraction of sp³-hybridized carbons (Fsp3) is 0.462. The molecule has 0 fully saturated rings. The van der Waals surface area contributed by atoms with Crippen LogP contribution in [0.25, 0.3) is 0 Å². The predicted octanol–water partition coefficient (Wildman–Crippen LogP) is 0.665. The van der Waals surface area contributed by atoms with Gasteiger partial charge in [0.15, 0.2) is 11.5 Å². The minimum Gasteiger partial charge on any atom is -0.504 e. The molecule has 19 heavy (non-hydrogen) atoms. The Hall–Kier alpha value is -1.95. The molecular weight excluding hydrogens is 248 g/mol. The maximum Gasteiger partial charge on any atom is 0.233 e. The summed E-state index contributed by atoms with van der Waals surface area (Å²) in [7, 11) is 0. The number of carbonyl (C=O) groups excluding carboxylic acids is 1. The minimum atomic E-state index is -0.552. The smallest absolute Gasteiger partial charge is 0.233 e. The van der Waals surface area contributed by atoms with E-state index >= 15 is 0 Å². The van der Waals surface area contributed by atoms with Crippen LogP contribution in [-0.4, -0.2) is 34.3 Å². The van der Waals surface area contributed by atoms with Crippen molar-refractivity contribution in [1.82, 2.24) is 10.6 Å². The molecule has 0 atom stereocenters. The number of phenols is 3. The van der Waals surface area contributed by atoms with Crippen LogP contribution in [0, 0.1) is 5.92 Å². The minimum absolute atomic E-state index is 0.119. The standard InChI is InChI=1S/C13H20N2O4/c1-8(2)5-15-11(17)7-14-6-9-3-4-10(16)13(19)12(9)18/h3-4,8,14,16,18-19H,5-7H2,1-2H3,(H,15,17). The molecule has 6 nitrogen and oxygen atoms in total. The summed E-state index contributed by atoms with van der Waals surface area (Å²) < 4.78 is 0. The summed E-state index contributed by atoms with van der Waals surface area (Å²) in [5.74, 6) is -1.05. The first kappa shape index (κ1) is 15.1. The zero-order chi connectivity index (χ0) is 14.4. The molecule has 0 aliphatic carbocycles. The van der Waals surface area contributed by atoms with Gasteiger partial charge in [-0.15, -0.1) is 0 Å². The van der Waals surface area contributed by atoms with Crippen molar-refractivity contribution in [2.75, 3.05) is 13.1 Å². The van der Waals surface area contributed by atoms with Gasteiger partial charge in [-0.1, -0.05) is 19.9 Å². The van der Waals surface area contributed by atoms with E-state index in [-0.39, 0.29) is 30.5 Å². The van der Waals surface area contributed by atoms with Crippen molar-refractivity contribution >= 4 is 5.91 Å². The molecule has 0 spiro atoms. The van der Waals surface area contributed by atoms with Gasteiger partial charge in [0.1, 0.15) is 0 Å². The monoisotopic (exact) mass is 268 g/mol. The molecule has 0 radical (unpaired) electrons. The highest BCUT2D eigenvalue weighted by Gasteiger charge is 2.11. The highest BCUT2D eigenvalue weighted by Crippen LogP contribution is 2.36. The Kier molecular flexibility index (Phi) is 5.44. The molecule has 6 heteroatoms. The first-order valence-electron chi connectivity index (χ1n) is 6.12. The third kappa shape index (κ3) is 4.67. The van der Waals surface area contributed by atoms with Crippen LogP contribution in [0.2, 0.25) is 0 Å². The molecule has 0 saturated heterocycles. The normalized spacial score (nSPS) is 10.7. The van der Waals surface area contributed by atoms with E-state index in [0.29, 0.717) is 18.0 Å². The number of nitrogens with one attached hydrogen (secondary N) is 2. The molecule has 106 valence electrons. The van der Waals surface area contributed by atoms with E-state index in [1.54, 1.807) is 0 Å². The molecular formula is C13H20N2O4. The topological polar surface area (TPSA) is 102 Å². The third-order valence-corrected chi connectivity index (χ3v) is 2.52. The maximum atomic E-state index is 11.4. The van der Waals surface area contributed by atoms with Crippen molar-refractivity contribution in [3.8, 4) is 17.2 Å². The van der Waals surface area contributed by atoms with Gasteiger partial charge in [-0.3, -0.25) is 4.79 Å². The third-order valence-electron chi connectivity index (χ3n) is 2.52. The van der Waals surface area contributed by atoms with Crippen molar-refractivity contribution in [2.24, 2.45) is 5.92 Å². The number of benzene rings is 1. The number of carbonyl (C=O) groups is 1. The summed E-state index contributed by atoms with van der Waals surface area (Å²) in [4.78, 5) is 11.4. The number of hydrogen-bond donors (Lipinski definition) is 5. The lowest BCUT2D eigenvalue weighted by molar-refractivity contribution is -0.120. The van der Waals surface area contributed by atoms with Crippen LogP contribution in [0.4, 0.5) is 0 Å². The Bertz CT molecular complexity index is 447. The molecule has 0 aliphatic heterocycles. The molecule has 1 aromatic carbocycles. The SMILES string of the molecule is CC(C)CNC(=O)CNCc1ccc(O)c(O)c1O. The van der Waals surface area contributed by atoms with E-state index in [9.17, 15) is 15.0 Å². The summed E-state index contributed by atoms with van der Waals surface area (Å²) in [6, 6.07) is 2.76. The van der Waals surface area contributed by atoms with Crippen LogP contribution in [-0.2, 0) is 11.3 Å². The Labute approximate surface area is 112 Å². The average molecular weight is 268 g/mol. The Morgan fingerprint density at radius 1 is 1.21 bits per heavy atom. The second-order valence-corrected chi connectivity index (χ2v) is 4.74. The second-order valence-electron chi connectivity index (χ2n) is 4.74. The zero-order valence-corrected chi connectivity index (χ0v) is 11.1. The predicted molar refractivity (Wildman–Crippen MR) is 71.0 cm³/mol. The highest BCUT2D eigenvalue weighted by molar-refractivity contribution is 5.77. The van der Waals surface area contributed by atoms with Gasteiger partial charge in [0.05, 0.1) is 6.54 Å². The summed E-state index contributed by atoms with van der Waals surface area (Å²) in [6.07, 6.45) is 0. The van der Waals surface area contributed by atoms with Crippen LogP contribution in [0.3, 0.4) is 0 Å². The lowest BCUT2D eigenvalue weighted by atomic mass is 10.1. The summed E-state index contributed by atoms with van der Waals surface area (Å²) in [5.41, 5.74) is 0.409. The molecule has 0 unspecified atom stereocenters. The van der Waals surface area contributed by atoms with Gasteiger partial charge in [0.25, 0.3) is 0 Å². The quantitative estimate of drug-likeness (QED) is 0.488. The van der Waals surface area contributed by atoms with E-state index < -0.39 is 5.75 Å².